The number of para-hydroxylation sites is 2. The normalized spacial score (nSPS) is 11.9. The number of hydrogen-bond acceptors (Lipinski definition) is 2. The van der Waals surface area contributed by atoms with Gasteiger partial charge in [-0.15, -0.1) is 5.10 Å². The summed E-state index contributed by atoms with van der Waals surface area (Å²) in [7, 11) is 2.01. The molecule has 0 unspecified atom stereocenters. The van der Waals surface area contributed by atoms with Crippen molar-refractivity contribution in [3.8, 4) is 0 Å². The first-order valence-electron chi connectivity index (χ1n) is 6.86. The molecular formula is C17H14N4. The topological polar surface area (TPSA) is 35.1 Å². The van der Waals surface area contributed by atoms with E-state index in [1.54, 1.807) is 0 Å². The first-order valence-corrected chi connectivity index (χ1v) is 6.86. The van der Waals surface area contributed by atoms with Gasteiger partial charge < -0.3 is 4.57 Å². The predicted molar refractivity (Wildman–Crippen MR) is 84.8 cm³/mol. The quantitative estimate of drug-likeness (QED) is 0.561. The summed E-state index contributed by atoms with van der Waals surface area (Å²) in [5, 5.41) is 4.57. The predicted octanol–water partition coefficient (Wildman–Crippen LogP) is 3.39. The molecule has 0 spiro atoms. The van der Waals surface area contributed by atoms with E-state index in [4.69, 9.17) is 0 Å². The Kier molecular flexibility index (Phi) is 2.60. The molecule has 0 bridgehead atoms. The molecule has 4 heteroatoms. The van der Waals surface area contributed by atoms with Gasteiger partial charge in [-0.05, 0) is 23.8 Å². The van der Waals surface area contributed by atoms with Gasteiger partial charge >= 0.3 is 0 Å². The van der Waals surface area contributed by atoms with Gasteiger partial charge in [-0.2, -0.15) is 9.50 Å². The lowest BCUT2D eigenvalue weighted by Gasteiger charge is -1.93. The molecule has 0 radical (unpaired) electrons. The maximum Gasteiger partial charge on any atom is 0.233 e. The molecule has 21 heavy (non-hydrogen) atoms. The lowest BCUT2D eigenvalue weighted by atomic mass is 10.2. The molecule has 0 aliphatic rings. The van der Waals surface area contributed by atoms with Crippen LogP contribution in [0.1, 0.15) is 11.4 Å². The second kappa shape index (κ2) is 4.59. The van der Waals surface area contributed by atoms with E-state index in [1.807, 2.05) is 54.0 Å². The summed E-state index contributed by atoms with van der Waals surface area (Å²) in [6, 6.07) is 18.3. The van der Waals surface area contributed by atoms with Crippen molar-refractivity contribution in [1.29, 1.82) is 0 Å². The van der Waals surface area contributed by atoms with Gasteiger partial charge in [0.2, 0.25) is 5.78 Å². The van der Waals surface area contributed by atoms with Crippen LogP contribution in [-0.4, -0.2) is 19.2 Å². The van der Waals surface area contributed by atoms with E-state index < -0.39 is 0 Å². The minimum atomic E-state index is 0.718. The summed E-state index contributed by atoms with van der Waals surface area (Å²) >= 11 is 0. The molecule has 2 aromatic heterocycles. The third kappa shape index (κ3) is 1.92. The van der Waals surface area contributed by atoms with Crippen LogP contribution < -0.4 is 0 Å². The Labute approximate surface area is 122 Å². The van der Waals surface area contributed by atoms with Crippen molar-refractivity contribution < 1.29 is 0 Å². The van der Waals surface area contributed by atoms with Crippen LogP contribution in [0.4, 0.5) is 0 Å². The third-order valence-electron chi connectivity index (χ3n) is 3.60. The molecule has 0 fully saturated rings. The Hall–Kier alpha value is -2.88. The van der Waals surface area contributed by atoms with Crippen LogP contribution in [0.3, 0.4) is 0 Å². The Morgan fingerprint density at radius 3 is 2.38 bits per heavy atom. The number of nitrogens with zero attached hydrogens (tertiary/aromatic N) is 4. The van der Waals surface area contributed by atoms with Gasteiger partial charge in [0.05, 0.1) is 11.0 Å². The van der Waals surface area contributed by atoms with E-state index in [9.17, 15) is 0 Å². The number of rotatable bonds is 2. The van der Waals surface area contributed by atoms with Gasteiger partial charge in [0.1, 0.15) is 0 Å². The summed E-state index contributed by atoms with van der Waals surface area (Å²) < 4.78 is 3.95. The molecule has 0 saturated carbocycles. The number of hydrogen-bond donors (Lipinski definition) is 0. The highest BCUT2D eigenvalue weighted by Gasteiger charge is 2.10. The largest absolute Gasteiger partial charge is 0.311 e. The zero-order chi connectivity index (χ0) is 14.2. The van der Waals surface area contributed by atoms with Gasteiger partial charge in [0.25, 0.3) is 0 Å². The van der Waals surface area contributed by atoms with Crippen LogP contribution in [0, 0.1) is 0 Å². The second-order valence-corrected chi connectivity index (χ2v) is 4.97. The fraction of sp³-hybridized carbons (Fsp3) is 0.0588. The molecule has 0 N–H and O–H groups in total. The molecule has 0 aliphatic carbocycles. The summed E-state index contributed by atoms with van der Waals surface area (Å²) in [6.07, 6.45) is 3.97. The highest BCUT2D eigenvalue weighted by atomic mass is 15.4. The van der Waals surface area contributed by atoms with E-state index in [-0.39, 0.29) is 0 Å². The average molecular weight is 274 g/mol. The van der Waals surface area contributed by atoms with Crippen molar-refractivity contribution >= 4 is 29.0 Å². The molecule has 4 aromatic rings. The maximum atomic E-state index is 4.59. The molecule has 0 atom stereocenters. The van der Waals surface area contributed by atoms with Gasteiger partial charge in [-0.3, -0.25) is 0 Å². The standard InChI is InChI=1S/C17H14N4/c1-20-14-9-5-6-10-15(14)21-17(20)18-16(19-21)12-11-13-7-3-2-4-8-13/h2-12H,1H3/b12-11+. The summed E-state index contributed by atoms with van der Waals surface area (Å²) in [6.45, 7) is 0. The fourth-order valence-corrected chi connectivity index (χ4v) is 2.54. The van der Waals surface area contributed by atoms with Crippen molar-refractivity contribution in [2.45, 2.75) is 0 Å². The van der Waals surface area contributed by atoms with Crippen LogP contribution in [-0.2, 0) is 7.05 Å². The fourth-order valence-electron chi connectivity index (χ4n) is 2.54. The van der Waals surface area contributed by atoms with E-state index in [0.29, 0.717) is 0 Å². The molecule has 4 nitrogen and oxygen atoms in total. The minimum Gasteiger partial charge on any atom is -0.311 e. The van der Waals surface area contributed by atoms with Gasteiger partial charge in [-0.25, -0.2) is 0 Å². The van der Waals surface area contributed by atoms with Gasteiger partial charge in [0.15, 0.2) is 5.82 Å². The van der Waals surface area contributed by atoms with Crippen LogP contribution in [0.15, 0.2) is 54.6 Å². The number of fused-ring (bicyclic) bond motifs is 3. The van der Waals surface area contributed by atoms with E-state index in [1.165, 1.54) is 0 Å². The minimum absolute atomic E-state index is 0.718. The van der Waals surface area contributed by atoms with E-state index in [2.05, 4.69) is 38.9 Å². The summed E-state index contributed by atoms with van der Waals surface area (Å²) in [5.74, 6) is 1.57. The third-order valence-corrected chi connectivity index (χ3v) is 3.60. The smallest absolute Gasteiger partial charge is 0.233 e. The molecule has 0 saturated heterocycles. The molecule has 0 amide bonds. The number of aromatic nitrogens is 4. The number of benzene rings is 2. The molecule has 102 valence electrons. The van der Waals surface area contributed by atoms with Crippen LogP contribution >= 0.6 is 0 Å². The SMILES string of the molecule is Cn1c2ccccc2n2nc(/C=C/c3ccccc3)nc12. The second-order valence-electron chi connectivity index (χ2n) is 4.97. The Morgan fingerprint density at radius 1 is 0.857 bits per heavy atom. The van der Waals surface area contributed by atoms with Crippen molar-refractivity contribution in [2.75, 3.05) is 0 Å². The van der Waals surface area contributed by atoms with Gasteiger partial charge in [-0.1, -0.05) is 48.5 Å². The molecule has 2 aromatic carbocycles. The number of aryl methyl sites for hydroxylation is 1. The lowest BCUT2D eigenvalue weighted by Crippen LogP contribution is -1.88. The summed E-state index contributed by atoms with van der Waals surface area (Å²) in [5.41, 5.74) is 3.34. The first-order chi connectivity index (χ1) is 10.3. The van der Waals surface area contributed by atoms with Crippen LogP contribution in [0.2, 0.25) is 0 Å². The van der Waals surface area contributed by atoms with Gasteiger partial charge in [0, 0.05) is 7.05 Å². The zero-order valence-corrected chi connectivity index (χ0v) is 11.6. The van der Waals surface area contributed by atoms with Crippen LogP contribution in [0.5, 0.6) is 0 Å². The maximum absolute atomic E-state index is 4.59. The Morgan fingerprint density at radius 2 is 1.57 bits per heavy atom. The van der Waals surface area contributed by atoms with E-state index >= 15 is 0 Å². The first kappa shape index (κ1) is 11.9. The number of imidazole rings is 1. The Bertz CT molecular complexity index is 945. The monoisotopic (exact) mass is 274 g/mol. The van der Waals surface area contributed by atoms with E-state index in [0.717, 1.165) is 28.2 Å². The molecular weight excluding hydrogens is 260 g/mol. The highest BCUT2D eigenvalue weighted by molar-refractivity contribution is 5.80. The Balaban J connectivity index is 1.81. The molecule has 2 heterocycles. The van der Waals surface area contributed by atoms with Crippen molar-refractivity contribution in [2.24, 2.45) is 7.05 Å². The summed E-state index contributed by atoms with van der Waals surface area (Å²) in [4.78, 5) is 4.59. The van der Waals surface area contributed by atoms with Crippen molar-refractivity contribution in [3.63, 3.8) is 0 Å². The average Bonchev–Trinajstić information content (AvgIpc) is 3.07. The molecule has 0 aliphatic heterocycles. The zero-order valence-electron chi connectivity index (χ0n) is 11.6. The molecule has 4 rings (SSSR count). The van der Waals surface area contributed by atoms with Crippen molar-refractivity contribution in [3.05, 3.63) is 66.0 Å². The van der Waals surface area contributed by atoms with Crippen LogP contribution in [0.25, 0.3) is 29.0 Å². The highest BCUT2D eigenvalue weighted by Crippen LogP contribution is 2.18. The van der Waals surface area contributed by atoms with Crippen molar-refractivity contribution in [1.82, 2.24) is 19.2 Å². The lowest BCUT2D eigenvalue weighted by molar-refractivity contribution is 0.940.